The van der Waals surface area contributed by atoms with E-state index in [1.165, 1.54) is 0 Å². The predicted molar refractivity (Wildman–Crippen MR) is 70.5 cm³/mol. The summed E-state index contributed by atoms with van der Waals surface area (Å²) in [6, 6.07) is 15.9. The third kappa shape index (κ3) is 1.92. The summed E-state index contributed by atoms with van der Waals surface area (Å²) in [5.41, 5.74) is 0.993. The number of para-hydroxylation sites is 2. The number of fused-ring (bicyclic) bond motifs is 1. The van der Waals surface area contributed by atoms with Crippen molar-refractivity contribution in [1.29, 1.82) is 0 Å². The third-order valence-corrected chi connectivity index (χ3v) is 3.11. The van der Waals surface area contributed by atoms with Gasteiger partial charge in [-0.3, -0.25) is 4.99 Å². The zero-order valence-electron chi connectivity index (χ0n) is 9.18. The Bertz CT molecular complexity index is 664. The van der Waals surface area contributed by atoms with Crippen molar-refractivity contribution in [3.63, 3.8) is 0 Å². The fourth-order valence-electron chi connectivity index (χ4n) is 1.93. The Labute approximate surface area is 104 Å². The molecule has 0 radical (unpaired) electrons. The van der Waals surface area contributed by atoms with Crippen LogP contribution in [0, 0.1) is 0 Å². The van der Waals surface area contributed by atoms with Gasteiger partial charge in [-0.1, -0.05) is 41.9 Å². The molecular weight excluding hydrogens is 232 g/mol. The first-order valence-electron chi connectivity index (χ1n) is 5.47. The largest absolute Gasteiger partial charge is 0.326 e. The Balaban J connectivity index is 2.10. The molecule has 0 saturated heterocycles. The van der Waals surface area contributed by atoms with Crippen LogP contribution in [0.3, 0.4) is 0 Å². The molecule has 0 unspecified atom stereocenters. The molecule has 2 aromatic carbocycles. The van der Waals surface area contributed by atoms with Crippen molar-refractivity contribution in [3.8, 4) is 0 Å². The lowest BCUT2D eigenvalue weighted by Gasteiger charge is -2.21. The van der Waals surface area contributed by atoms with Crippen LogP contribution in [0.5, 0.6) is 0 Å². The average molecular weight is 243 g/mol. The zero-order chi connectivity index (χ0) is 11.7. The van der Waals surface area contributed by atoms with Crippen LogP contribution in [0.2, 0.25) is 5.02 Å². The molecule has 2 aromatic rings. The highest BCUT2D eigenvalue weighted by atomic mass is 35.5. The summed E-state index contributed by atoms with van der Waals surface area (Å²) in [5.74, 6) is 0. The van der Waals surface area contributed by atoms with Crippen LogP contribution < -0.4 is 15.5 Å². The molecular formula is C14H11ClN2. The number of nitrogens with zero attached hydrogens (tertiary/aromatic N) is 2. The Morgan fingerprint density at radius 3 is 2.65 bits per heavy atom. The fraction of sp³-hybridized carbons (Fsp3) is 0.0714. The molecule has 0 N–H and O–H groups in total. The summed E-state index contributed by atoms with van der Waals surface area (Å²) in [7, 11) is 0. The molecule has 0 saturated carbocycles. The standard InChI is InChI=1S/C14H11ClN2/c15-12-6-2-4-8-14(12)17-9-11-5-1-3-7-13(11)16-10-17/h1-9H,10H2. The summed E-state index contributed by atoms with van der Waals surface area (Å²) >= 11 is 6.18. The number of hydrogen-bond donors (Lipinski definition) is 0. The van der Waals surface area contributed by atoms with E-state index in [2.05, 4.69) is 22.2 Å². The summed E-state index contributed by atoms with van der Waals surface area (Å²) in [6.45, 7) is 0.612. The van der Waals surface area contributed by atoms with Gasteiger partial charge >= 0.3 is 0 Å². The Hall–Kier alpha value is -1.80. The van der Waals surface area contributed by atoms with Gasteiger partial charge in [-0.05, 0) is 18.2 Å². The molecule has 1 aliphatic rings. The molecule has 17 heavy (non-hydrogen) atoms. The monoisotopic (exact) mass is 242 g/mol. The molecule has 0 atom stereocenters. The second-order valence-corrected chi connectivity index (χ2v) is 4.32. The molecule has 3 heteroatoms. The van der Waals surface area contributed by atoms with Crippen molar-refractivity contribution in [2.75, 3.05) is 11.6 Å². The van der Waals surface area contributed by atoms with E-state index in [1.54, 1.807) is 0 Å². The highest BCUT2D eigenvalue weighted by Crippen LogP contribution is 2.25. The van der Waals surface area contributed by atoms with Crippen molar-refractivity contribution >= 4 is 23.5 Å². The minimum atomic E-state index is 0.612. The maximum Gasteiger partial charge on any atom is 0.115 e. The molecule has 2 nitrogen and oxygen atoms in total. The second-order valence-electron chi connectivity index (χ2n) is 3.91. The van der Waals surface area contributed by atoms with Crippen molar-refractivity contribution in [2.24, 2.45) is 4.99 Å². The summed E-state index contributed by atoms with van der Waals surface area (Å²) in [4.78, 5) is 6.59. The first-order valence-corrected chi connectivity index (χ1v) is 5.85. The Kier molecular flexibility index (Phi) is 2.57. The van der Waals surface area contributed by atoms with Crippen LogP contribution in [-0.2, 0) is 0 Å². The van der Waals surface area contributed by atoms with Gasteiger partial charge in [0.05, 0.1) is 16.1 Å². The number of benzene rings is 2. The quantitative estimate of drug-likeness (QED) is 0.749. The molecule has 1 aliphatic heterocycles. The maximum atomic E-state index is 6.18. The van der Waals surface area contributed by atoms with Gasteiger partial charge < -0.3 is 4.90 Å². The fourth-order valence-corrected chi connectivity index (χ4v) is 2.18. The summed E-state index contributed by atoms with van der Waals surface area (Å²) < 4.78 is 0. The highest BCUT2D eigenvalue weighted by Gasteiger charge is 2.08. The lowest BCUT2D eigenvalue weighted by atomic mass is 10.2. The molecule has 0 amide bonds. The van der Waals surface area contributed by atoms with E-state index < -0.39 is 0 Å². The van der Waals surface area contributed by atoms with Gasteiger partial charge in [-0.25, -0.2) is 0 Å². The van der Waals surface area contributed by atoms with E-state index in [1.807, 2.05) is 42.5 Å². The lowest BCUT2D eigenvalue weighted by molar-refractivity contribution is 0.939. The van der Waals surface area contributed by atoms with Gasteiger partial charge in [-0.15, -0.1) is 0 Å². The van der Waals surface area contributed by atoms with E-state index in [0.29, 0.717) is 6.67 Å². The van der Waals surface area contributed by atoms with E-state index in [4.69, 9.17) is 11.6 Å². The normalized spacial score (nSPS) is 13.6. The van der Waals surface area contributed by atoms with Gasteiger partial charge in [0.2, 0.25) is 0 Å². The van der Waals surface area contributed by atoms with Crippen molar-refractivity contribution < 1.29 is 0 Å². The van der Waals surface area contributed by atoms with Crippen LogP contribution >= 0.6 is 11.6 Å². The molecule has 0 spiro atoms. The van der Waals surface area contributed by atoms with E-state index in [0.717, 1.165) is 21.3 Å². The SMILES string of the molecule is Clc1ccccc1N1C=c2ccccc2=NC1. The van der Waals surface area contributed by atoms with Crippen LogP contribution in [0.4, 0.5) is 5.69 Å². The molecule has 0 aromatic heterocycles. The third-order valence-electron chi connectivity index (χ3n) is 2.79. The van der Waals surface area contributed by atoms with Crippen molar-refractivity contribution in [2.45, 2.75) is 0 Å². The molecule has 1 heterocycles. The Morgan fingerprint density at radius 2 is 1.76 bits per heavy atom. The number of rotatable bonds is 1. The van der Waals surface area contributed by atoms with E-state index in [9.17, 15) is 0 Å². The summed E-state index contributed by atoms with van der Waals surface area (Å²) in [5, 5.41) is 2.91. The molecule has 0 fully saturated rings. The Morgan fingerprint density at radius 1 is 1.00 bits per heavy atom. The van der Waals surface area contributed by atoms with Crippen LogP contribution in [0.15, 0.2) is 53.5 Å². The predicted octanol–water partition coefficient (Wildman–Crippen LogP) is 2.18. The topological polar surface area (TPSA) is 15.6 Å². The highest BCUT2D eigenvalue weighted by molar-refractivity contribution is 6.33. The minimum absolute atomic E-state index is 0.612. The molecule has 0 aliphatic carbocycles. The van der Waals surface area contributed by atoms with Gasteiger partial charge in [0.1, 0.15) is 6.67 Å². The van der Waals surface area contributed by atoms with Crippen LogP contribution in [-0.4, -0.2) is 6.67 Å². The first kappa shape index (κ1) is 10.4. The average Bonchev–Trinajstić information content (AvgIpc) is 2.39. The molecule has 84 valence electrons. The van der Waals surface area contributed by atoms with Gasteiger partial charge in [0.15, 0.2) is 0 Å². The van der Waals surface area contributed by atoms with Gasteiger partial charge in [0, 0.05) is 11.4 Å². The maximum absolute atomic E-state index is 6.18. The first-order chi connectivity index (χ1) is 8.34. The van der Waals surface area contributed by atoms with E-state index >= 15 is 0 Å². The number of anilines is 1. The van der Waals surface area contributed by atoms with Crippen molar-refractivity contribution in [3.05, 3.63) is 64.1 Å². The molecule has 3 rings (SSSR count). The van der Waals surface area contributed by atoms with Crippen LogP contribution in [0.25, 0.3) is 6.20 Å². The van der Waals surface area contributed by atoms with E-state index in [-0.39, 0.29) is 0 Å². The molecule has 0 bridgehead atoms. The van der Waals surface area contributed by atoms with Crippen LogP contribution in [0.1, 0.15) is 0 Å². The second kappa shape index (κ2) is 4.22. The minimum Gasteiger partial charge on any atom is -0.326 e. The van der Waals surface area contributed by atoms with Crippen molar-refractivity contribution in [1.82, 2.24) is 0 Å². The summed E-state index contributed by atoms with van der Waals surface area (Å²) in [6.07, 6.45) is 2.09. The lowest BCUT2D eigenvalue weighted by Crippen LogP contribution is -2.35. The number of hydrogen-bond acceptors (Lipinski definition) is 2. The van der Waals surface area contributed by atoms with Gasteiger partial charge in [0.25, 0.3) is 0 Å². The van der Waals surface area contributed by atoms with Gasteiger partial charge in [-0.2, -0.15) is 0 Å². The number of halogens is 1. The smallest absolute Gasteiger partial charge is 0.115 e. The zero-order valence-corrected chi connectivity index (χ0v) is 9.93.